The van der Waals surface area contributed by atoms with Gasteiger partial charge in [0.15, 0.2) is 11.5 Å². The normalized spacial score (nSPS) is 12.3. The molecule has 102 valence electrons. The van der Waals surface area contributed by atoms with Crippen molar-refractivity contribution < 1.29 is 9.47 Å². The van der Waals surface area contributed by atoms with E-state index in [2.05, 4.69) is 19.2 Å². The highest BCUT2D eigenvalue weighted by Gasteiger charge is 2.13. The molecule has 1 aromatic rings. The maximum atomic E-state index is 6.09. The minimum absolute atomic E-state index is 0.462. The molecular weight excluding hydrogens is 250 g/mol. The Labute approximate surface area is 114 Å². The number of hydrogen-bond acceptors (Lipinski definition) is 3. The van der Waals surface area contributed by atoms with E-state index in [1.165, 1.54) is 0 Å². The van der Waals surface area contributed by atoms with E-state index >= 15 is 0 Å². The van der Waals surface area contributed by atoms with E-state index in [-0.39, 0.29) is 0 Å². The number of methoxy groups -OCH3 is 1. The van der Waals surface area contributed by atoms with Crippen LogP contribution in [0.15, 0.2) is 12.1 Å². The van der Waals surface area contributed by atoms with Gasteiger partial charge in [0.2, 0.25) is 0 Å². The smallest absolute Gasteiger partial charge is 0.165 e. The van der Waals surface area contributed by atoms with Gasteiger partial charge in [-0.15, -0.1) is 0 Å². The maximum Gasteiger partial charge on any atom is 0.165 e. The molecule has 0 spiro atoms. The van der Waals surface area contributed by atoms with Crippen molar-refractivity contribution in [1.29, 1.82) is 0 Å². The van der Waals surface area contributed by atoms with Crippen molar-refractivity contribution in [3.8, 4) is 11.5 Å². The minimum Gasteiger partial charge on any atom is -0.493 e. The number of nitrogens with one attached hydrogen (secondary N) is 1. The van der Waals surface area contributed by atoms with E-state index in [0.717, 1.165) is 24.3 Å². The average molecular weight is 272 g/mol. The minimum atomic E-state index is 0.462. The zero-order valence-electron chi connectivity index (χ0n) is 11.5. The van der Waals surface area contributed by atoms with Crippen LogP contribution in [0.2, 0.25) is 5.02 Å². The summed E-state index contributed by atoms with van der Waals surface area (Å²) in [6, 6.07) is 4.16. The zero-order valence-corrected chi connectivity index (χ0v) is 12.3. The van der Waals surface area contributed by atoms with Crippen LogP contribution in [0.1, 0.15) is 32.8 Å². The lowest BCUT2D eigenvalue weighted by molar-refractivity contribution is 0.306. The first-order valence-electron chi connectivity index (χ1n) is 6.34. The Morgan fingerprint density at radius 3 is 2.61 bits per heavy atom. The highest BCUT2D eigenvalue weighted by atomic mass is 35.5. The Morgan fingerprint density at radius 1 is 1.33 bits per heavy atom. The van der Waals surface area contributed by atoms with Crippen LogP contribution in [0.3, 0.4) is 0 Å². The summed E-state index contributed by atoms with van der Waals surface area (Å²) in [5, 5.41) is 4.09. The van der Waals surface area contributed by atoms with Gasteiger partial charge in [-0.05, 0) is 26.3 Å². The summed E-state index contributed by atoms with van der Waals surface area (Å²) < 4.78 is 11.0. The molecular formula is C14H22ClNO2. The molecule has 0 fully saturated rings. The molecule has 0 radical (unpaired) electrons. The van der Waals surface area contributed by atoms with Gasteiger partial charge in [-0.25, -0.2) is 0 Å². The second-order valence-electron chi connectivity index (χ2n) is 4.22. The SMILES string of the molecule is CCOc1c(CNC(C)CC)cc(Cl)cc1OC. The number of halogens is 1. The molecule has 3 nitrogen and oxygen atoms in total. The third kappa shape index (κ3) is 4.07. The van der Waals surface area contributed by atoms with Crippen molar-refractivity contribution in [2.75, 3.05) is 13.7 Å². The fourth-order valence-electron chi connectivity index (χ4n) is 1.64. The molecule has 18 heavy (non-hydrogen) atoms. The van der Waals surface area contributed by atoms with Crippen LogP contribution in [0, 0.1) is 0 Å². The fraction of sp³-hybridized carbons (Fsp3) is 0.571. The average Bonchev–Trinajstić information content (AvgIpc) is 2.38. The van der Waals surface area contributed by atoms with E-state index in [4.69, 9.17) is 21.1 Å². The molecule has 1 rings (SSSR count). The molecule has 0 aliphatic rings. The van der Waals surface area contributed by atoms with Gasteiger partial charge in [0, 0.05) is 29.2 Å². The van der Waals surface area contributed by atoms with Gasteiger partial charge in [0.1, 0.15) is 0 Å². The van der Waals surface area contributed by atoms with Gasteiger partial charge in [0.25, 0.3) is 0 Å². The van der Waals surface area contributed by atoms with E-state index in [9.17, 15) is 0 Å². The summed E-state index contributed by atoms with van der Waals surface area (Å²) in [6.45, 7) is 7.59. The summed E-state index contributed by atoms with van der Waals surface area (Å²) >= 11 is 6.09. The van der Waals surface area contributed by atoms with Crippen molar-refractivity contribution in [1.82, 2.24) is 5.32 Å². The van der Waals surface area contributed by atoms with Crippen LogP contribution in [0.25, 0.3) is 0 Å². The van der Waals surface area contributed by atoms with Gasteiger partial charge in [-0.1, -0.05) is 18.5 Å². The number of rotatable bonds is 7. The predicted octanol–water partition coefficient (Wildman–Crippen LogP) is 3.64. The van der Waals surface area contributed by atoms with Crippen molar-refractivity contribution >= 4 is 11.6 Å². The molecule has 0 aromatic heterocycles. The fourth-order valence-corrected chi connectivity index (χ4v) is 1.87. The van der Waals surface area contributed by atoms with Gasteiger partial charge in [-0.3, -0.25) is 0 Å². The number of hydrogen-bond donors (Lipinski definition) is 1. The third-order valence-electron chi connectivity index (χ3n) is 2.86. The summed E-state index contributed by atoms with van der Waals surface area (Å²) in [5.74, 6) is 1.46. The Morgan fingerprint density at radius 2 is 2.06 bits per heavy atom. The van der Waals surface area contributed by atoms with E-state index in [1.807, 2.05) is 13.0 Å². The van der Waals surface area contributed by atoms with Crippen LogP contribution >= 0.6 is 11.6 Å². The topological polar surface area (TPSA) is 30.5 Å². The lowest BCUT2D eigenvalue weighted by atomic mass is 10.1. The molecule has 0 aliphatic carbocycles. The second-order valence-corrected chi connectivity index (χ2v) is 4.66. The van der Waals surface area contributed by atoms with Crippen LogP contribution in [0.4, 0.5) is 0 Å². The molecule has 1 atom stereocenters. The largest absolute Gasteiger partial charge is 0.493 e. The lowest BCUT2D eigenvalue weighted by Crippen LogP contribution is -2.24. The highest BCUT2D eigenvalue weighted by molar-refractivity contribution is 6.30. The Bertz CT molecular complexity index is 382. The van der Waals surface area contributed by atoms with Crippen LogP contribution < -0.4 is 14.8 Å². The molecule has 1 unspecified atom stereocenters. The van der Waals surface area contributed by atoms with Crippen LogP contribution in [-0.2, 0) is 6.54 Å². The van der Waals surface area contributed by atoms with Crippen molar-refractivity contribution in [3.63, 3.8) is 0 Å². The second kappa shape index (κ2) is 7.49. The van der Waals surface area contributed by atoms with Crippen LogP contribution in [-0.4, -0.2) is 19.8 Å². The molecule has 1 aromatic carbocycles. The molecule has 1 N–H and O–H groups in total. The summed E-state index contributed by atoms with van der Waals surface area (Å²) in [7, 11) is 1.63. The number of ether oxygens (including phenoxy) is 2. The van der Waals surface area contributed by atoms with Gasteiger partial charge >= 0.3 is 0 Å². The van der Waals surface area contributed by atoms with E-state index < -0.39 is 0 Å². The zero-order chi connectivity index (χ0) is 13.5. The summed E-state index contributed by atoms with van der Waals surface area (Å²) in [6.07, 6.45) is 1.08. The van der Waals surface area contributed by atoms with Gasteiger partial charge in [0.05, 0.1) is 13.7 Å². The first-order valence-corrected chi connectivity index (χ1v) is 6.72. The molecule has 0 saturated carbocycles. The lowest BCUT2D eigenvalue weighted by Gasteiger charge is -2.17. The molecule has 4 heteroatoms. The van der Waals surface area contributed by atoms with Gasteiger partial charge < -0.3 is 14.8 Å². The molecule has 0 bridgehead atoms. The van der Waals surface area contributed by atoms with Crippen LogP contribution in [0.5, 0.6) is 11.5 Å². The quantitative estimate of drug-likeness (QED) is 0.821. The standard InChI is InChI=1S/C14H22ClNO2/c1-5-10(3)16-9-11-7-12(15)8-13(17-4)14(11)18-6-2/h7-8,10,16H,5-6,9H2,1-4H3. The summed E-state index contributed by atoms with van der Waals surface area (Å²) in [5.41, 5.74) is 1.03. The monoisotopic (exact) mass is 271 g/mol. The third-order valence-corrected chi connectivity index (χ3v) is 3.08. The Hall–Kier alpha value is -0.930. The Balaban J connectivity index is 2.95. The molecule has 0 heterocycles. The van der Waals surface area contributed by atoms with Crippen molar-refractivity contribution in [3.05, 3.63) is 22.7 Å². The van der Waals surface area contributed by atoms with E-state index in [0.29, 0.717) is 23.4 Å². The number of benzene rings is 1. The van der Waals surface area contributed by atoms with Crippen molar-refractivity contribution in [2.45, 2.75) is 39.8 Å². The summed E-state index contributed by atoms with van der Waals surface area (Å²) in [4.78, 5) is 0. The Kier molecular flexibility index (Phi) is 6.30. The molecule has 0 aliphatic heterocycles. The highest BCUT2D eigenvalue weighted by Crippen LogP contribution is 2.34. The molecule has 0 amide bonds. The predicted molar refractivity (Wildman–Crippen MR) is 75.8 cm³/mol. The first kappa shape index (κ1) is 15.1. The van der Waals surface area contributed by atoms with Gasteiger partial charge in [-0.2, -0.15) is 0 Å². The maximum absolute atomic E-state index is 6.09. The first-order chi connectivity index (χ1) is 8.62. The molecule has 0 saturated heterocycles. The van der Waals surface area contributed by atoms with E-state index in [1.54, 1.807) is 13.2 Å². The van der Waals surface area contributed by atoms with Crippen molar-refractivity contribution in [2.24, 2.45) is 0 Å².